The topological polar surface area (TPSA) is 79.8 Å². The van der Waals surface area contributed by atoms with Crippen LogP contribution in [0.4, 0.5) is 5.69 Å². The first-order chi connectivity index (χ1) is 9.79. The number of ether oxygens (including phenoxy) is 2. The van der Waals surface area contributed by atoms with Gasteiger partial charge in [0, 0.05) is 18.4 Å². The zero-order chi connectivity index (χ0) is 14.2. The van der Waals surface area contributed by atoms with Gasteiger partial charge in [-0.15, -0.1) is 0 Å². The van der Waals surface area contributed by atoms with Crippen LogP contribution in [0, 0.1) is 0 Å². The minimum atomic E-state index is -0.106. The molecular weight excluding hydrogens is 260 g/mol. The Bertz CT molecular complexity index is 451. The van der Waals surface area contributed by atoms with Crippen LogP contribution in [0.2, 0.25) is 0 Å². The maximum Gasteiger partial charge on any atom is 0.238 e. The second kappa shape index (κ2) is 7.72. The lowest BCUT2D eigenvalue weighted by Crippen LogP contribution is -2.28. The number of hydrogen-bond donors (Lipinski definition) is 3. The van der Waals surface area contributed by atoms with Crippen molar-refractivity contribution in [3.05, 3.63) is 18.2 Å². The third-order valence-electron chi connectivity index (χ3n) is 2.87. The third-order valence-corrected chi connectivity index (χ3v) is 2.87. The molecule has 2 rings (SSSR count). The SMILES string of the molecule is O=C(CNCCCCO)Nc1ccc2c(c1)OCCO2. The van der Waals surface area contributed by atoms with Gasteiger partial charge in [-0.3, -0.25) is 4.79 Å². The van der Waals surface area contributed by atoms with E-state index in [0.717, 1.165) is 19.4 Å². The maximum absolute atomic E-state index is 11.7. The van der Waals surface area contributed by atoms with Crippen LogP contribution in [-0.4, -0.2) is 43.9 Å². The average molecular weight is 280 g/mol. The lowest BCUT2D eigenvalue weighted by molar-refractivity contribution is -0.115. The molecule has 0 saturated carbocycles. The molecule has 0 spiro atoms. The Morgan fingerprint density at radius 1 is 1.20 bits per heavy atom. The summed E-state index contributed by atoms with van der Waals surface area (Å²) in [5.41, 5.74) is 0.691. The van der Waals surface area contributed by atoms with E-state index in [2.05, 4.69) is 10.6 Å². The first-order valence-corrected chi connectivity index (χ1v) is 6.80. The molecule has 0 atom stereocenters. The Kier molecular flexibility index (Phi) is 5.64. The molecule has 0 fully saturated rings. The summed E-state index contributed by atoms with van der Waals surface area (Å²) in [5.74, 6) is 1.26. The fourth-order valence-corrected chi connectivity index (χ4v) is 1.89. The lowest BCUT2D eigenvalue weighted by atomic mass is 10.2. The van der Waals surface area contributed by atoms with Gasteiger partial charge in [0.05, 0.1) is 6.54 Å². The summed E-state index contributed by atoms with van der Waals surface area (Å²) >= 11 is 0. The molecule has 110 valence electrons. The number of amides is 1. The highest BCUT2D eigenvalue weighted by molar-refractivity contribution is 5.92. The molecule has 1 heterocycles. The van der Waals surface area contributed by atoms with Crippen LogP contribution in [0.5, 0.6) is 11.5 Å². The van der Waals surface area contributed by atoms with Crippen molar-refractivity contribution in [3.63, 3.8) is 0 Å². The van der Waals surface area contributed by atoms with E-state index in [1.54, 1.807) is 18.2 Å². The van der Waals surface area contributed by atoms with E-state index in [1.807, 2.05) is 0 Å². The van der Waals surface area contributed by atoms with Gasteiger partial charge in [-0.25, -0.2) is 0 Å². The Morgan fingerprint density at radius 2 is 2.00 bits per heavy atom. The molecule has 6 nitrogen and oxygen atoms in total. The van der Waals surface area contributed by atoms with Crippen molar-refractivity contribution >= 4 is 11.6 Å². The molecule has 0 bridgehead atoms. The van der Waals surface area contributed by atoms with Crippen LogP contribution in [0.25, 0.3) is 0 Å². The van der Waals surface area contributed by atoms with Crippen molar-refractivity contribution in [2.45, 2.75) is 12.8 Å². The zero-order valence-electron chi connectivity index (χ0n) is 11.4. The molecule has 1 aliphatic heterocycles. The molecule has 1 aliphatic rings. The van der Waals surface area contributed by atoms with E-state index < -0.39 is 0 Å². The molecule has 0 aromatic heterocycles. The lowest BCUT2D eigenvalue weighted by Gasteiger charge is -2.19. The maximum atomic E-state index is 11.7. The molecule has 0 saturated heterocycles. The highest BCUT2D eigenvalue weighted by Crippen LogP contribution is 2.32. The van der Waals surface area contributed by atoms with Crippen LogP contribution in [-0.2, 0) is 4.79 Å². The molecule has 0 aliphatic carbocycles. The Balaban J connectivity index is 1.76. The zero-order valence-corrected chi connectivity index (χ0v) is 11.4. The number of anilines is 1. The molecule has 6 heteroatoms. The van der Waals surface area contributed by atoms with Crippen molar-refractivity contribution in [2.24, 2.45) is 0 Å². The van der Waals surface area contributed by atoms with Crippen LogP contribution in [0.15, 0.2) is 18.2 Å². The number of aliphatic hydroxyl groups is 1. The quantitative estimate of drug-likeness (QED) is 0.643. The van der Waals surface area contributed by atoms with Gasteiger partial charge < -0.3 is 25.2 Å². The van der Waals surface area contributed by atoms with Crippen molar-refractivity contribution in [1.82, 2.24) is 5.32 Å². The van der Waals surface area contributed by atoms with Crippen LogP contribution in [0.1, 0.15) is 12.8 Å². The number of hydrogen-bond acceptors (Lipinski definition) is 5. The second-order valence-corrected chi connectivity index (χ2v) is 4.51. The number of carbonyl (C=O) groups is 1. The van der Waals surface area contributed by atoms with Gasteiger partial charge in [-0.05, 0) is 31.5 Å². The van der Waals surface area contributed by atoms with Gasteiger partial charge in [-0.2, -0.15) is 0 Å². The summed E-state index contributed by atoms with van der Waals surface area (Å²) in [6.45, 7) is 2.23. The Hall–Kier alpha value is -1.79. The summed E-state index contributed by atoms with van der Waals surface area (Å²) in [6, 6.07) is 5.34. The number of carbonyl (C=O) groups excluding carboxylic acids is 1. The summed E-state index contributed by atoms with van der Waals surface area (Å²) in [6.07, 6.45) is 1.60. The fraction of sp³-hybridized carbons (Fsp3) is 0.500. The van der Waals surface area contributed by atoms with E-state index in [9.17, 15) is 4.79 Å². The summed E-state index contributed by atoms with van der Waals surface area (Å²) in [7, 11) is 0. The van der Waals surface area contributed by atoms with Crippen molar-refractivity contribution < 1.29 is 19.4 Å². The minimum Gasteiger partial charge on any atom is -0.486 e. The first-order valence-electron chi connectivity index (χ1n) is 6.80. The highest BCUT2D eigenvalue weighted by Gasteiger charge is 2.12. The molecule has 0 unspecified atom stereocenters. The predicted octanol–water partition coefficient (Wildman–Crippen LogP) is 0.758. The highest BCUT2D eigenvalue weighted by atomic mass is 16.6. The minimum absolute atomic E-state index is 0.106. The molecule has 0 radical (unpaired) electrons. The Morgan fingerprint density at radius 3 is 2.80 bits per heavy atom. The average Bonchev–Trinajstić information content (AvgIpc) is 2.47. The number of fused-ring (bicyclic) bond motifs is 1. The number of aliphatic hydroxyl groups excluding tert-OH is 1. The number of nitrogens with one attached hydrogen (secondary N) is 2. The van der Waals surface area contributed by atoms with Gasteiger partial charge in [0.2, 0.25) is 5.91 Å². The van der Waals surface area contributed by atoms with Crippen molar-refractivity contribution in [2.75, 3.05) is 38.2 Å². The molecule has 20 heavy (non-hydrogen) atoms. The molecule has 1 amide bonds. The molecular formula is C14H20N2O4. The third kappa shape index (κ3) is 4.40. The van der Waals surface area contributed by atoms with Crippen molar-refractivity contribution in [1.29, 1.82) is 0 Å². The van der Waals surface area contributed by atoms with Gasteiger partial charge in [0.1, 0.15) is 13.2 Å². The number of benzene rings is 1. The molecule has 1 aromatic carbocycles. The van der Waals surface area contributed by atoms with Crippen LogP contribution < -0.4 is 20.1 Å². The first kappa shape index (κ1) is 14.6. The van der Waals surface area contributed by atoms with E-state index in [0.29, 0.717) is 30.4 Å². The van der Waals surface area contributed by atoms with Gasteiger partial charge in [0.25, 0.3) is 0 Å². The van der Waals surface area contributed by atoms with Gasteiger partial charge >= 0.3 is 0 Å². The van der Waals surface area contributed by atoms with Gasteiger partial charge in [-0.1, -0.05) is 0 Å². The number of rotatable bonds is 7. The second-order valence-electron chi connectivity index (χ2n) is 4.51. The largest absolute Gasteiger partial charge is 0.486 e. The standard InChI is InChI=1S/C14H20N2O4/c17-6-2-1-5-15-10-14(18)16-11-3-4-12-13(9-11)20-8-7-19-12/h3-4,9,15,17H,1-2,5-8,10H2,(H,16,18). The Labute approximate surface area is 118 Å². The van der Waals surface area contributed by atoms with E-state index in [4.69, 9.17) is 14.6 Å². The fourth-order valence-electron chi connectivity index (χ4n) is 1.89. The van der Waals surface area contributed by atoms with Gasteiger partial charge in [0.15, 0.2) is 11.5 Å². The monoisotopic (exact) mass is 280 g/mol. The summed E-state index contributed by atoms with van der Waals surface area (Å²) < 4.78 is 10.9. The smallest absolute Gasteiger partial charge is 0.238 e. The van der Waals surface area contributed by atoms with Crippen LogP contribution >= 0.6 is 0 Å². The van der Waals surface area contributed by atoms with E-state index in [-0.39, 0.29) is 19.1 Å². The van der Waals surface area contributed by atoms with E-state index in [1.165, 1.54) is 0 Å². The van der Waals surface area contributed by atoms with E-state index >= 15 is 0 Å². The molecule has 1 aromatic rings. The van der Waals surface area contributed by atoms with Crippen molar-refractivity contribution in [3.8, 4) is 11.5 Å². The number of unbranched alkanes of at least 4 members (excludes halogenated alkanes) is 1. The predicted molar refractivity (Wildman–Crippen MR) is 75.3 cm³/mol. The molecule has 3 N–H and O–H groups in total. The normalized spacial score (nSPS) is 13.1. The van der Waals surface area contributed by atoms with Crippen LogP contribution in [0.3, 0.4) is 0 Å². The summed E-state index contributed by atoms with van der Waals surface area (Å²) in [5, 5.41) is 14.5. The summed E-state index contributed by atoms with van der Waals surface area (Å²) in [4.78, 5) is 11.7.